The van der Waals surface area contributed by atoms with E-state index >= 15 is 0 Å². The van der Waals surface area contributed by atoms with Crippen LogP contribution in [-0.4, -0.2) is 5.71 Å². The number of hydrogen-bond donors (Lipinski definition) is 0. The lowest BCUT2D eigenvalue weighted by Crippen LogP contribution is -2.13. The molecule has 0 radical (unpaired) electrons. The van der Waals surface area contributed by atoms with E-state index in [2.05, 4.69) is 5.16 Å². The van der Waals surface area contributed by atoms with Gasteiger partial charge in [-0.05, 0) is 6.07 Å². The third-order valence-corrected chi connectivity index (χ3v) is 3.11. The van der Waals surface area contributed by atoms with Gasteiger partial charge >= 0.3 is 0 Å². The van der Waals surface area contributed by atoms with Crippen LogP contribution in [-0.2, 0) is 11.4 Å². The Morgan fingerprint density at radius 1 is 0.941 bits per heavy atom. The molecular weight excluding hydrogens is 234 g/mol. The summed E-state index contributed by atoms with van der Waals surface area (Å²) in [6, 6.07) is 15.7. The van der Waals surface area contributed by atoms with E-state index in [0.717, 1.165) is 22.4 Å². The van der Waals surface area contributed by atoms with Crippen LogP contribution in [0, 0.1) is 0 Å². The minimum absolute atomic E-state index is 0.518. The zero-order valence-corrected chi connectivity index (χ0v) is 9.82. The summed E-state index contributed by atoms with van der Waals surface area (Å²) < 4.78 is 0. The zero-order valence-electron chi connectivity index (χ0n) is 9.06. The molecule has 0 saturated heterocycles. The molecule has 2 aromatic carbocycles. The molecule has 17 heavy (non-hydrogen) atoms. The monoisotopic (exact) mass is 243 g/mol. The molecule has 0 aliphatic carbocycles. The molecule has 0 fully saturated rings. The predicted molar refractivity (Wildman–Crippen MR) is 68.3 cm³/mol. The molecule has 0 bridgehead atoms. The Morgan fingerprint density at radius 2 is 1.65 bits per heavy atom. The average molecular weight is 244 g/mol. The van der Waals surface area contributed by atoms with E-state index in [9.17, 15) is 0 Å². The highest BCUT2D eigenvalue weighted by atomic mass is 35.5. The van der Waals surface area contributed by atoms with Crippen LogP contribution in [0.25, 0.3) is 0 Å². The van der Waals surface area contributed by atoms with Gasteiger partial charge in [0.05, 0.1) is 5.02 Å². The van der Waals surface area contributed by atoms with Crippen molar-refractivity contribution in [2.45, 2.75) is 6.61 Å². The fraction of sp³-hybridized carbons (Fsp3) is 0.0714. The number of nitrogens with zero attached hydrogens (tertiary/aromatic N) is 1. The minimum Gasteiger partial charge on any atom is -0.390 e. The largest absolute Gasteiger partial charge is 0.390 e. The van der Waals surface area contributed by atoms with Crippen molar-refractivity contribution in [3.8, 4) is 0 Å². The molecule has 0 atom stereocenters. The summed E-state index contributed by atoms with van der Waals surface area (Å²) in [6.07, 6.45) is 0. The van der Waals surface area contributed by atoms with Crippen LogP contribution in [0.3, 0.4) is 0 Å². The lowest BCUT2D eigenvalue weighted by atomic mass is 9.97. The van der Waals surface area contributed by atoms with E-state index in [1.807, 2.05) is 48.5 Å². The first-order valence-electron chi connectivity index (χ1n) is 5.39. The van der Waals surface area contributed by atoms with Crippen molar-refractivity contribution in [2.75, 3.05) is 0 Å². The fourth-order valence-corrected chi connectivity index (χ4v) is 2.17. The van der Waals surface area contributed by atoms with E-state index in [1.54, 1.807) is 0 Å². The Bertz CT molecular complexity index is 592. The molecule has 1 heterocycles. The lowest BCUT2D eigenvalue weighted by Gasteiger charge is -2.17. The van der Waals surface area contributed by atoms with Crippen LogP contribution in [0.5, 0.6) is 0 Å². The first-order chi connectivity index (χ1) is 8.36. The molecule has 1 aliphatic rings. The summed E-state index contributed by atoms with van der Waals surface area (Å²) in [4.78, 5) is 5.25. The SMILES string of the molecule is Clc1ccccc1C1=NOCc2ccccc21. The van der Waals surface area contributed by atoms with E-state index < -0.39 is 0 Å². The highest BCUT2D eigenvalue weighted by molar-refractivity contribution is 6.35. The molecular formula is C14H10ClNO. The van der Waals surface area contributed by atoms with Crippen LogP contribution in [0.2, 0.25) is 5.02 Å². The van der Waals surface area contributed by atoms with Crippen molar-refractivity contribution in [3.05, 3.63) is 70.2 Å². The van der Waals surface area contributed by atoms with E-state index in [4.69, 9.17) is 16.4 Å². The smallest absolute Gasteiger partial charge is 0.143 e. The molecule has 0 amide bonds. The summed E-state index contributed by atoms with van der Waals surface area (Å²) >= 11 is 6.19. The van der Waals surface area contributed by atoms with Gasteiger partial charge in [-0.3, -0.25) is 0 Å². The van der Waals surface area contributed by atoms with Gasteiger partial charge in [0.1, 0.15) is 12.3 Å². The Kier molecular flexibility index (Phi) is 2.57. The van der Waals surface area contributed by atoms with Crippen molar-refractivity contribution in [1.82, 2.24) is 0 Å². The summed E-state index contributed by atoms with van der Waals surface area (Å²) in [5.74, 6) is 0. The fourth-order valence-electron chi connectivity index (χ4n) is 1.94. The molecule has 0 saturated carbocycles. The molecule has 3 heteroatoms. The lowest BCUT2D eigenvalue weighted by molar-refractivity contribution is 0.126. The van der Waals surface area contributed by atoms with Crippen molar-refractivity contribution in [3.63, 3.8) is 0 Å². The maximum Gasteiger partial charge on any atom is 0.143 e. The molecule has 0 N–H and O–H groups in total. The van der Waals surface area contributed by atoms with Crippen molar-refractivity contribution < 1.29 is 4.84 Å². The van der Waals surface area contributed by atoms with Crippen molar-refractivity contribution in [1.29, 1.82) is 0 Å². The third kappa shape index (κ3) is 1.81. The molecule has 0 spiro atoms. The minimum atomic E-state index is 0.518. The number of halogens is 1. The van der Waals surface area contributed by atoms with Crippen LogP contribution in [0.1, 0.15) is 16.7 Å². The van der Waals surface area contributed by atoms with E-state index in [1.165, 1.54) is 0 Å². The zero-order chi connectivity index (χ0) is 11.7. The van der Waals surface area contributed by atoms with E-state index in [0.29, 0.717) is 11.6 Å². The summed E-state index contributed by atoms with van der Waals surface area (Å²) in [5.41, 5.74) is 3.93. The Balaban J connectivity index is 2.17. The van der Waals surface area contributed by atoms with Gasteiger partial charge in [0.2, 0.25) is 0 Å². The molecule has 1 aliphatic heterocycles. The standard InChI is InChI=1S/C14H10ClNO/c15-13-8-4-3-7-12(13)14-11-6-2-1-5-10(11)9-17-16-14/h1-8H,9H2. The highest BCUT2D eigenvalue weighted by Crippen LogP contribution is 2.25. The summed E-state index contributed by atoms with van der Waals surface area (Å²) in [5, 5.41) is 4.82. The maximum atomic E-state index is 6.19. The quantitative estimate of drug-likeness (QED) is 0.750. The predicted octanol–water partition coefficient (Wildman–Crippen LogP) is 3.62. The molecule has 2 nitrogen and oxygen atoms in total. The third-order valence-electron chi connectivity index (χ3n) is 2.78. The van der Waals surface area contributed by atoms with Crippen molar-refractivity contribution in [2.24, 2.45) is 5.16 Å². The highest BCUT2D eigenvalue weighted by Gasteiger charge is 2.18. The van der Waals surface area contributed by atoms with Gasteiger partial charge in [-0.15, -0.1) is 0 Å². The molecule has 3 rings (SSSR count). The number of benzene rings is 2. The van der Waals surface area contributed by atoms with E-state index in [-0.39, 0.29) is 0 Å². The molecule has 0 aromatic heterocycles. The first-order valence-corrected chi connectivity index (χ1v) is 5.77. The van der Waals surface area contributed by atoms with Gasteiger partial charge < -0.3 is 4.84 Å². The van der Waals surface area contributed by atoms with Crippen LogP contribution in [0.15, 0.2) is 53.7 Å². The second kappa shape index (κ2) is 4.22. The molecule has 2 aromatic rings. The van der Waals surface area contributed by atoms with Gasteiger partial charge in [0.25, 0.3) is 0 Å². The number of rotatable bonds is 1. The van der Waals surface area contributed by atoms with Crippen LogP contribution < -0.4 is 0 Å². The topological polar surface area (TPSA) is 21.6 Å². The summed E-state index contributed by atoms with van der Waals surface area (Å²) in [7, 11) is 0. The van der Waals surface area contributed by atoms with Crippen molar-refractivity contribution >= 4 is 17.3 Å². The summed E-state index contributed by atoms with van der Waals surface area (Å²) in [6.45, 7) is 0.518. The second-order valence-corrected chi connectivity index (χ2v) is 4.26. The maximum absolute atomic E-state index is 6.19. The first kappa shape index (κ1) is 10.4. The Morgan fingerprint density at radius 3 is 2.47 bits per heavy atom. The second-order valence-electron chi connectivity index (χ2n) is 3.85. The van der Waals surface area contributed by atoms with Gasteiger partial charge in [0, 0.05) is 16.7 Å². The number of fused-ring (bicyclic) bond motifs is 1. The van der Waals surface area contributed by atoms with Crippen LogP contribution in [0.4, 0.5) is 0 Å². The molecule has 84 valence electrons. The normalized spacial score (nSPS) is 13.6. The average Bonchev–Trinajstić information content (AvgIpc) is 2.39. The number of oxime groups is 1. The van der Waals surface area contributed by atoms with Gasteiger partial charge in [-0.25, -0.2) is 0 Å². The van der Waals surface area contributed by atoms with Crippen LogP contribution >= 0.6 is 11.6 Å². The van der Waals surface area contributed by atoms with Gasteiger partial charge in [-0.1, -0.05) is 59.2 Å². The Hall–Kier alpha value is -1.80. The Labute approximate surface area is 104 Å². The van der Waals surface area contributed by atoms with Gasteiger partial charge in [0.15, 0.2) is 0 Å². The molecule has 0 unspecified atom stereocenters. The number of hydrogen-bond acceptors (Lipinski definition) is 2. The van der Waals surface area contributed by atoms with Gasteiger partial charge in [-0.2, -0.15) is 0 Å².